The van der Waals surface area contributed by atoms with Crippen molar-refractivity contribution in [2.75, 3.05) is 0 Å². The van der Waals surface area contributed by atoms with Gasteiger partial charge in [0.05, 0.1) is 0 Å². The summed E-state index contributed by atoms with van der Waals surface area (Å²) in [5.41, 5.74) is 0. The van der Waals surface area contributed by atoms with Gasteiger partial charge in [0, 0.05) is 0 Å². The predicted molar refractivity (Wildman–Crippen MR) is 62.9 cm³/mol. The molecule has 8 bridgehead atoms. The first kappa shape index (κ1) is 9.33. The van der Waals surface area contributed by atoms with Crippen molar-refractivity contribution in [1.29, 1.82) is 0 Å². The van der Waals surface area contributed by atoms with Crippen molar-refractivity contribution in [1.82, 2.24) is 0 Å². The van der Waals surface area contributed by atoms with Crippen molar-refractivity contribution in [3.63, 3.8) is 0 Å². The van der Waals surface area contributed by atoms with Gasteiger partial charge in [0.15, 0.2) is 0 Å². The van der Waals surface area contributed by atoms with E-state index in [-0.39, 0.29) is 12.4 Å². The lowest BCUT2D eigenvalue weighted by atomic mass is 9.36. The van der Waals surface area contributed by atoms with Crippen LogP contribution in [0.2, 0.25) is 0 Å². The van der Waals surface area contributed by atoms with E-state index in [0.29, 0.717) is 0 Å². The van der Waals surface area contributed by atoms with Gasteiger partial charge in [-0.3, -0.25) is 0 Å². The maximum absolute atomic E-state index is 1.65. The fraction of sp³-hybridized carbons (Fsp3) is 1.00. The van der Waals surface area contributed by atoms with Crippen molar-refractivity contribution in [2.45, 2.75) is 38.5 Å². The molecule has 1 heteroatoms. The summed E-state index contributed by atoms with van der Waals surface area (Å²) in [6.45, 7) is 0. The highest BCUT2D eigenvalue weighted by Gasteiger charge is 2.63. The van der Waals surface area contributed by atoms with Crippen LogP contribution in [0, 0.1) is 47.3 Å². The Balaban J connectivity index is 0.000000648. The Kier molecular flexibility index (Phi) is 1.71. The lowest BCUT2D eigenvalue weighted by Gasteiger charge is -2.69. The smallest absolute Gasteiger partial charge is 0.0349 e. The SMILES string of the molecule is C1C2CC3C4CC5CC(C14)C(C2)C3C5.Cl. The molecule has 15 heavy (non-hydrogen) atoms. The van der Waals surface area contributed by atoms with Gasteiger partial charge >= 0.3 is 0 Å². The van der Waals surface area contributed by atoms with Gasteiger partial charge in [0.2, 0.25) is 0 Å². The van der Waals surface area contributed by atoms with Crippen LogP contribution in [0.4, 0.5) is 0 Å². The first-order valence-corrected chi connectivity index (χ1v) is 6.90. The minimum atomic E-state index is 0. The summed E-state index contributed by atoms with van der Waals surface area (Å²) >= 11 is 0. The summed E-state index contributed by atoms with van der Waals surface area (Å²) in [4.78, 5) is 0. The van der Waals surface area contributed by atoms with Crippen LogP contribution in [0.15, 0.2) is 0 Å². The van der Waals surface area contributed by atoms with Gasteiger partial charge in [0.1, 0.15) is 0 Å². The standard InChI is InChI=1S/C14H20.ClH/c1-7-2-12-10-4-8-5-11(9(1)10)13(3-7)14(12)6-8;/h7-14H,1-6H2;1H. The van der Waals surface area contributed by atoms with Gasteiger partial charge < -0.3 is 0 Å². The summed E-state index contributed by atoms with van der Waals surface area (Å²) in [5, 5.41) is 0. The maximum Gasteiger partial charge on any atom is -0.0349 e. The molecule has 7 aliphatic rings. The van der Waals surface area contributed by atoms with Crippen LogP contribution >= 0.6 is 12.4 Å². The van der Waals surface area contributed by atoms with Gasteiger partial charge in [-0.25, -0.2) is 0 Å². The van der Waals surface area contributed by atoms with Crippen molar-refractivity contribution < 1.29 is 0 Å². The van der Waals surface area contributed by atoms with Gasteiger partial charge in [-0.15, -0.1) is 12.4 Å². The molecule has 0 spiro atoms. The number of hydrogen-bond donors (Lipinski definition) is 0. The minimum absolute atomic E-state index is 0. The molecule has 0 heterocycles. The molecule has 7 aliphatic carbocycles. The van der Waals surface area contributed by atoms with Crippen molar-refractivity contribution in [2.24, 2.45) is 47.3 Å². The van der Waals surface area contributed by atoms with Gasteiger partial charge in [0.25, 0.3) is 0 Å². The maximum atomic E-state index is 1.65. The highest BCUT2D eigenvalue weighted by Crippen LogP contribution is 2.71. The third-order valence-corrected chi connectivity index (χ3v) is 6.93. The summed E-state index contributed by atoms with van der Waals surface area (Å²) in [6.07, 6.45) is 9.93. The van der Waals surface area contributed by atoms with E-state index in [1.807, 2.05) is 0 Å². The number of halogens is 1. The molecule has 7 saturated carbocycles. The quantitative estimate of drug-likeness (QED) is 0.588. The van der Waals surface area contributed by atoms with Crippen molar-refractivity contribution in [3.8, 4) is 0 Å². The lowest BCUT2D eigenvalue weighted by molar-refractivity contribution is -0.202. The van der Waals surface area contributed by atoms with Gasteiger partial charge in [-0.1, -0.05) is 0 Å². The summed E-state index contributed by atoms with van der Waals surface area (Å²) in [7, 11) is 0. The zero-order valence-corrected chi connectivity index (χ0v) is 10.1. The third-order valence-electron chi connectivity index (χ3n) is 6.93. The summed E-state index contributed by atoms with van der Waals surface area (Å²) < 4.78 is 0. The minimum Gasteiger partial charge on any atom is -0.147 e. The van der Waals surface area contributed by atoms with Crippen LogP contribution in [0.5, 0.6) is 0 Å². The van der Waals surface area contributed by atoms with Crippen molar-refractivity contribution in [3.05, 3.63) is 0 Å². The van der Waals surface area contributed by atoms with Crippen LogP contribution in [0.3, 0.4) is 0 Å². The molecule has 0 nitrogen and oxygen atoms in total. The third kappa shape index (κ3) is 0.926. The largest absolute Gasteiger partial charge is 0.147 e. The zero-order chi connectivity index (χ0) is 8.86. The molecule has 0 atom stereocenters. The molecule has 0 aromatic carbocycles. The topological polar surface area (TPSA) is 0 Å². The zero-order valence-electron chi connectivity index (χ0n) is 9.27. The van der Waals surface area contributed by atoms with Crippen LogP contribution in [-0.2, 0) is 0 Å². The van der Waals surface area contributed by atoms with Gasteiger partial charge in [-0.2, -0.15) is 0 Å². The number of rotatable bonds is 0. The molecule has 0 aromatic rings. The monoisotopic (exact) mass is 224 g/mol. The molecular formula is C14H21Cl. The molecule has 0 aliphatic heterocycles. The average molecular weight is 225 g/mol. The molecule has 0 aromatic heterocycles. The molecule has 0 N–H and O–H groups in total. The molecule has 0 saturated heterocycles. The average Bonchev–Trinajstić information content (AvgIpc) is 2.24. The van der Waals surface area contributed by atoms with E-state index in [1.165, 1.54) is 47.3 Å². The van der Waals surface area contributed by atoms with E-state index in [9.17, 15) is 0 Å². The van der Waals surface area contributed by atoms with E-state index in [1.54, 1.807) is 38.5 Å². The van der Waals surface area contributed by atoms with E-state index < -0.39 is 0 Å². The normalized spacial score (nSPS) is 67.2. The second-order valence-corrected chi connectivity index (χ2v) is 7.13. The Morgan fingerprint density at radius 1 is 0.400 bits per heavy atom. The van der Waals surface area contributed by atoms with Crippen LogP contribution in [0.25, 0.3) is 0 Å². The van der Waals surface area contributed by atoms with E-state index in [2.05, 4.69) is 0 Å². The summed E-state index contributed by atoms with van der Waals surface area (Å²) in [5.74, 6) is 9.74. The Morgan fingerprint density at radius 2 is 0.600 bits per heavy atom. The predicted octanol–water partition coefficient (Wildman–Crippen LogP) is 3.75. The van der Waals surface area contributed by atoms with E-state index in [0.717, 1.165) is 0 Å². The van der Waals surface area contributed by atoms with Crippen LogP contribution in [0.1, 0.15) is 38.5 Å². The van der Waals surface area contributed by atoms with Crippen LogP contribution < -0.4 is 0 Å². The first-order chi connectivity index (χ1) is 6.90. The molecule has 7 rings (SSSR count). The van der Waals surface area contributed by atoms with E-state index >= 15 is 0 Å². The molecule has 7 fully saturated rings. The first-order valence-electron chi connectivity index (χ1n) is 6.90. The number of hydrogen-bond acceptors (Lipinski definition) is 0. The molecule has 0 amide bonds. The lowest BCUT2D eigenvalue weighted by Crippen LogP contribution is -2.62. The highest BCUT2D eigenvalue weighted by molar-refractivity contribution is 5.85. The Bertz CT molecular complexity index is 210. The van der Waals surface area contributed by atoms with E-state index in [4.69, 9.17) is 0 Å². The summed E-state index contributed by atoms with van der Waals surface area (Å²) in [6, 6.07) is 0. The Labute approximate surface area is 98.6 Å². The van der Waals surface area contributed by atoms with Gasteiger partial charge in [-0.05, 0) is 85.9 Å². The molecule has 84 valence electrons. The van der Waals surface area contributed by atoms with Crippen molar-refractivity contribution >= 4 is 12.4 Å². The molecule has 0 radical (unpaired) electrons. The second-order valence-electron chi connectivity index (χ2n) is 7.13. The molecular weight excluding hydrogens is 204 g/mol. The second kappa shape index (κ2) is 2.75. The Hall–Kier alpha value is 0.290. The fourth-order valence-corrected chi connectivity index (χ4v) is 6.89. The fourth-order valence-electron chi connectivity index (χ4n) is 6.89. The van der Waals surface area contributed by atoms with Crippen LogP contribution in [-0.4, -0.2) is 0 Å². The molecule has 0 unspecified atom stereocenters. The highest BCUT2D eigenvalue weighted by atomic mass is 35.5. The Morgan fingerprint density at radius 3 is 0.800 bits per heavy atom.